The van der Waals surface area contributed by atoms with Gasteiger partial charge in [-0.15, -0.1) is 0 Å². The van der Waals surface area contributed by atoms with Crippen LogP contribution in [0.2, 0.25) is 10.0 Å². The predicted octanol–water partition coefficient (Wildman–Crippen LogP) is 4.80. The Kier molecular flexibility index (Phi) is 8.43. The summed E-state index contributed by atoms with van der Waals surface area (Å²) < 4.78 is 11.0. The van der Waals surface area contributed by atoms with Crippen molar-refractivity contribution in [3.8, 4) is 11.5 Å². The zero-order chi connectivity index (χ0) is 23.8. The number of hydrazone groups is 1. The summed E-state index contributed by atoms with van der Waals surface area (Å²) in [7, 11) is 0. The van der Waals surface area contributed by atoms with E-state index in [0.717, 1.165) is 0 Å². The Bertz CT molecular complexity index is 1170. The molecule has 0 aliphatic carbocycles. The van der Waals surface area contributed by atoms with E-state index in [1.165, 1.54) is 30.5 Å². The van der Waals surface area contributed by atoms with Crippen molar-refractivity contribution in [3.05, 3.63) is 93.5 Å². The van der Waals surface area contributed by atoms with E-state index in [1.807, 2.05) is 0 Å². The summed E-state index contributed by atoms with van der Waals surface area (Å²) in [6.45, 7) is 2.11. The molecule has 0 radical (unpaired) electrons. The molecule has 0 aliphatic rings. The number of esters is 1. The first-order valence-electron chi connectivity index (χ1n) is 9.89. The van der Waals surface area contributed by atoms with E-state index in [0.29, 0.717) is 28.5 Å². The van der Waals surface area contributed by atoms with E-state index >= 15 is 0 Å². The van der Waals surface area contributed by atoms with Crippen molar-refractivity contribution in [1.82, 2.24) is 5.43 Å². The highest BCUT2D eigenvalue weighted by Gasteiger charge is 2.17. The molecule has 0 aromatic heterocycles. The number of benzene rings is 3. The van der Waals surface area contributed by atoms with E-state index in [-0.39, 0.29) is 16.3 Å². The van der Waals surface area contributed by atoms with Crippen LogP contribution in [0.3, 0.4) is 0 Å². The van der Waals surface area contributed by atoms with E-state index in [2.05, 4.69) is 10.5 Å². The number of carbonyl (C=O) groups is 2. The highest BCUT2D eigenvalue weighted by atomic mass is 35.5. The van der Waals surface area contributed by atoms with Crippen LogP contribution in [0, 0.1) is 0 Å². The molecule has 3 aromatic rings. The monoisotopic (exact) mass is 486 g/mol. The van der Waals surface area contributed by atoms with E-state index < -0.39 is 18.0 Å². The van der Waals surface area contributed by atoms with Crippen LogP contribution in [-0.2, 0) is 4.79 Å². The summed E-state index contributed by atoms with van der Waals surface area (Å²) in [6.07, 6.45) is 0.0311. The fourth-order valence-corrected chi connectivity index (χ4v) is 3.27. The number of ether oxygens (including phenoxy) is 2. The SMILES string of the molecule is CCOc1cc(/C=N/NC(=O)C(O)c2ccccc2)ccc1OC(=O)c1ccc(Cl)cc1Cl. The van der Waals surface area contributed by atoms with Gasteiger partial charge in [-0.25, -0.2) is 10.2 Å². The molecule has 0 fully saturated rings. The maximum Gasteiger partial charge on any atom is 0.345 e. The Balaban J connectivity index is 1.70. The molecule has 7 nitrogen and oxygen atoms in total. The summed E-state index contributed by atoms with van der Waals surface area (Å²) in [6, 6.07) is 17.7. The van der Waals surface area contributed by atoms with Gasteiger partial charge in [0, 0.05) is 5.02 Å². The molecular formula is C24H20Cl2N2O5. The summed E-state index contributed by atoms with van der Waals surface area (Å²) in [5, 5.41) is 14.5. The van der Waals surface area contributed by atoms with Crippen LogP contribution in [0.1, 0.15) is 34.5 Å². The molecule has 1 atom stereocenters. The number of halogens is 2. The molecular weight excluding hydrogens is 467 g/mol. The summed E-state index contributed by atoms with van der Waals surface area (Å²) in [5.41, 5.74) is 3.47. The third-order valence-corrected chi connectivity index (χ3v) is 4.92. The second-order valence-corrected chi connectivity index (χ2v) is 7.54. The number of nitrogens with one attached hydrogen (secondary N) is 1. The van der Waals surface area contributed by atoms with Gasteiger partial charge in [-0.3, -0.25) is 4.79 Å². The van der Waals surface area contributed by atoms with Gasteiger partial charge >= 0.3 is 5.97 Å². The third kappa shape index (κ3) is 6.55. The molecule has 0 spiro atoms. The second kappa shape index (κ2) is 11.5. The van der Waals surface area contributed by atoms with Crippen LogP contribution >= 0.6 is 23.2 Å². The average Bonchev–Trinajstić information content (AvgIpc) is 2.80. The first-order valence-corrected chi connectivity index (χ1v) is 10.6. The molecule has 0 bridgehead atoms. The van der Waals surface area contributed by atoms with Crippen molar-refractivity contribution in [3.63, 3.8) is 0 Å². The highest BCUT2D eigenvalue weighted by molar-refractivity contribution is 6.36. The highest BCUT2D eigenvalue weighted by Crippen LogP contribution is 2.30. The molecule has 33 heavy (non-hydrogen) atoms. The zero-order valence-electron chi connectivity index (χ0n) is 17.5. The van der Waals surface area contributed by atoms with Gasteiger partial charge in [0.1, 0.15) is 0 Å². The minimum Gasteiger partial charge on any atom is -0.490 e. The van der Waals surface area contributed by atoms with Crippen molar-refractivity contribution in [2.75, 3.05) is 6.61 Å². The van der Waals surface area contributed by atoms with Gasteiger partial charge in [-0.2, -0.15) is 5.10 Å². The van der Waals surface area contributed by atoms with Crippen LogP contribution in [0.25, 0.3) is 0 Å². The van der Waals surface area contributed by atoms with Gasteiger partial charge in [0.25, 0.3) is 5.91 Å². The lowest BCUT2D eigenvalue weighted by Crippen LogP contribution is -2.25. The van der Waals surface area contributed by atoms with Gasteiger partial charge in [0.2, 0.25) is 0 Å². The van der Waals surface area contributed by atoms with Crippen LogP contribution in [-0.4, -0.2) is 29.8 Å². The van der Waals surface area contributed by atoms with E-state index in [1.54, 1.807) is 49.4 Å². The van der Waals surface area contributed by atoms with Crippen LogP contribution in [0.4, 0.5) is 0 Å². The molecule has 3 rings (SSSR count). The number of amides is 1. The summed E-state index contributed by atoms with van der Waals surface area (Å²) >= 11 is 11.9. The lowest BCUT2D eigenvalue weighted by Gasteiger charge is -2.12. The van der Waals surface area contributed by atoms with Gasteiger partial charge < -0.3 is 14.6 Å². The first-order chi connectivity index (χ1) is 15.9. The van der Waals surface area contributed by atoms with Gasteiger partial charge in [-0.05, 0) is 54.4 Å². The molecule has 0 saturated carbocycles. The molecule has 170 valence electrons. The lowest BCUT2D eigenvalue weighted by atomic mass is 10.1. The fourth-order valence-electron chi connectivity index (χ4n) is 2.79. The maximum absolute atomic E-state index is 12.5. The summed E-state index contributed by atoms with van der Waals surface area (Å²) in [4.78, 5) is 24.6. The van der Waals surface area contributed by atoms with Crippen molar-refractivity contribution in [2.24, 2.45) is 5.10 Å². The van der Waals surface area contributed by atoms with Crippen LogP contribution in [0.5, 0.6) is 11.5 Å². The number of hydrogen-bond acceptors (Lipinski definition) is 6. The Morgan fingerprint density at radius 3 is 2.52 bits per heavy atom. The Morgan fingerprint density at radius 2 is 1.82 bits per heavy atom. The molecule has 0 saturated heterocycles. The molecule has 0 heterocycles. The normalized spacial score (nSPS) is 11.8. The smallest absolute Gasteiger partial charge is 0.345 e. The number of hydrogen-bond donors (Lipinski definition) is 2. The van der Waals surface area contributed by atoms with Crippen LogP contribution < -0.4 is 14.9 Å². The number of carbonyl (C=O) groups excluding carboxylic acids is 2. The van der Waals surface area contributed by atoms with Crippen molar-refractivity contribution in [2.45, 2.75) is 13.0 Å². The quantitative estimate of drug-likeness (QED) is 0.206. The van der Waals surface area contributed by atoms with Gasteiger partial charge in [-0.1, -0.05) is 53.5 Å². The molecule has 3 aromatic carbocycles. The average molecular weight is 487 g/mol. The fraction of sp³-hybridized carbons (Fsp3) is 0.125. The second-order valence-electron chi connectivity index (χ2n) is 6.70. The van der Waals surface area contributed by atoms with Crippen molar-refractivity contribution >= 4 is 41.3 Å². The van der Waals surface area contributed by atoms with Crippen molar-refractivity contribution < 1.29 is 24.2 Å². The van der Waals surface area contributed by atoms with Gasteiger partial charge in [0.15, 0.2) is 17.6 Å². The largest absolute Gasteiger partial charge is 0.490 e. The number of rotatable bonds is 8. The number of nitrogens with zero attached hydrogens (tertiary/aromatic N) is 1. The molecule has 1 amide bonds. The van der Waals surface area contributed by atoms with Gasteiger partial charge in [0.05, 0.1) is 23.4 Å². The lowest BCUT2D eigenvalue weighted by molar-refractivity contribution is -0.129. The maximum atomic E-state index is 12.5. The topological polar surface area (TPSA) is 97.2 Å². The molecule has 1 unspecified atom stereocenters. The zero-order valence-corrected chi connectivity index (χ0v) is 19.0. The molecule has 2 N–H and O–H groups in total. The summed E-state index contributed by atoms with van der Waals surface area (Å²) in [5.74, 6) is -0.849. The van der Waals surface area contributed by atoms with Crippen molar-refractivity contribution in [1.29, 1.82) is 0 Å². The Morgan fingerprint density at radius 1 is 1.06 bits per heavy atom. The van der Waals surface area contributed by atoms with E-state index in [4.69, 9.17) is 32.7 Å². The minimum atomic E-state index is -1.34. The predicted molar refractivity (Wildman–Crippen MR) is 126 cm³/mol. The minimum absolute atomic E-state index is 0.161. The number of aliphatic hydroxyl groups is 1. The number of aliphatic hydroxyl groups excluding tert-OH is 1. The van der Waals surface area contributed by atoms with Crippen LogP contribution in [0.15, 0.2) is 71.8 Å². The Hall–Kier alpha value is -3.39. The molecule has 9 heteroatoms. The van der Waals surface area contributed by atoms with E-state index in [9.17, 15) is 14.7 Å². The molecule has 0 aliphatic heterocycles. The third-order valence-electron chi connectivity index (χ3n) is 4.37. The standard InChI is InChI=1S/C24H20Cl2N2O5/c1-2-32-21-12-15(14-27-28-23(30)22(29)16-6-4-3-5-7-16)8-11-20(21)33-24(31)18-10-9-17(25)13-19(18)26/h3-14,22,29H,2H2,1H3,(H,28,30)/b27-14+. The Labute approximate surface area is 200 Å². The first kappa shape index (κ1) is 24.3.